The van der Waals surface area contributed by atoms with Crippen molar-refractivity contribution in [3.05, 3.63) is 70.4 Å². The number of hydrogen-bond donors (Lipinski definition) is 0. The van der Waals surface area contributed by atoms with Gasteiger partial charge in [0.25, 0.3) is 0 Å². The van der Waals surface area contributed by atoms with Gasteiger partial charge in [0.05, 0.1) is 22.1 Å². The molecule has 0 saturated heterocycles. The molecule has 0 amide bonds. The molecule has 2 aliphatic carbocycles. The van der Waals surface area contributed by atoms with Crippen LogP contribution in [0.25, 0.3) is 0 Å². The minimum atomic E-state index is 0.815. The zero-order valence-electron chi connectivity index (χ0n) is 11.8. The largest absolute Gasteiger partial charge is 0.227 e. The minimum Gasteiger partial charge on any atom is -0.227 e. The predicted molar refractivity (Wildman–Crippen MR) is 86.6 cm³/mol. The number of allylic oxidation sites excluding steroid dienone is 6. The number of amidine groups is 2. The van der Waals surface area contributed by atoms with Crippen molar-refractivity contribution < 1.29 is 0 Å². The van der Waals surface area contributed by atoms with E-state index in [9.17, 15) is 0 Å². The summed E-state index contributed by atoms with van der Waals surface area (Å²) in [7, 11) is 0. The molecule has 1 aromatic carbocycles. The van der Waals surface area contributed by atoms with Gasteiger partial charge in [-0.25, -0.2) is 20.0 Å². The average molecular weight is 284 g/mol. The summed E-state index contributed by atoms with van der Waals surface area (Å²) in [6.45, 7) is 0. The van der Waals surface area contributed by atoms with E-state index in [-0.39, 0.29) is 0 Å². The van der Waals surface area contributed by atoms with Gasteiger partial charge < -0.3 is 0 Å². The van der Waals surface area contributed by atoms with Crippen LogP contribution in [0.3, 0.4) is 0 Å². The molecule has 4 nitrogen and oxygen atoms in total. The van der Waals surface area contributed by atoms with E-state index in [1.807, 2.05) is 24.3 Å². The first-order valence-corrected chi connectivity index (χ1v) is 7.38. The number of benzene rings is 1. The Morgan fingerprint density at radius 3 is 1.55 bits per heavy atom. The smallest absolute Gasteiger partial charge is 0.156 e. The average Bonchev–Trinajstić information content (AvgIpc) is 3.27. The summed E-state index contributed by atoms with van der Waals surface area (Å²) >= 11 is 0. The Hall–Kier alpha value is -2.88. The molecule has 5 rings (SSSR count). The van der Waals surface area contributed by atoms with Crippen LogP contribution in [0.2, 0.25) is 0 Å². The molecule has 2 heterocycles. The van der Waals surface area contributed by atoms with Crippen LogP contribution < -0.4 is 10.7 Å². The van der Waals surface area contributed by atoms with Crippen molar-refractivity contribution in [1.29, 1.82) is 0 Å². The lowest BCUT2D eigenvalue weighted by molar-refractivity contribution is 1.33. The van der Waals surface area contributed by atoms with Crippen LogP contribution in [0, 0.1) is 0 Å². The van der Waals surface area contributed by atoms with Crippen LogP contribution in [-0.4, -0.2) is 11.7 Å². The number of aliphatic imine (C=N–C) groups is 2. The molecule has 1 aromatic rings. The Labute approximate surface area is 127 Å². The summed E-state index contributed by atoms with van der Waals surface area (Å²) in [5, 5.41) is 1.78. The first-order valence-electron chi connectivity index (χ1n) is 7.38. The second-order valence-corrected chi connectivity index (χ2v) is 5.57. The topological polar surface area (TPSA) is 49.4 Å². The fourth-order valence-electron chi connectivity index (χ4n) is 2.93. The van der Waals surface area contributed by atoms with E-state index in [1.165, 1.54) is 11.1 Å². The Balaban J connectivity index is 1.56. The summed E-state index contributed by atoms with van der Waals surface area (Å²) in [4.78, 5) is 18.5. The molecule has 0 radical (unpaired) electrons. The van der Waals surface area contributed by atoms with Crippen LogP contribution in [0.15, 0.2) is 79.7 Å². The van der Waals surface area contributed by atoms with Crippen molar-refractivity contribution >= 4 is 23.0 Å². The molecular formula is C18H12N4. The molecule has 0 spiro atoms. The zero-order valence-corrected chi connectivity index (χ0v) is 11.8. The number of rotatable bonds is 2. The van der Waals surface area contributed by atoms with Gasteiger partial charge in [0.15, 0.2) is 11.7 Å². The van der Waals surface area contributed by atoms with Gasteiger partial charge in [0.1, 0.15) is 0 Å². The molecule has 4 heteroatoms. The quantitative estimate of drug-likeness (QED) is 0.802. The molecule has 22 heavy (non-hydrogen) atoms. The lowest BCUT2D eigenvalue weighted by atomic mass is 10.2. The maximum atomic E-state index is 4.64. The summed E-state index contributed by atoms with van der Waals surface area (Å²) in [5.74, 6) is 1.63. The standard InChI is InChI=1S/C18H12N4/c1-2-6-11(5-1)17-19-13-9-15-16(10-14(13)20-17)22-18(21-15)12-7-3-4-8-12/h1-5,7,9-10H,6,8H2. The van der Waals surface area contributed by atoms with Crippen LogP contribution in [0.4, 0.5) is 11.4 Å². The van der Waals surface area contributed by atoms with E-state index in [0.717, 1.165) is 46.6 Å². The van der Waals surface area contributed by atoms with Gasteiger partial charge in [-0.05, 0) is 25.0 Å². The zero-order chi connectivity index (χ0) is 14.5. The normalized spacial score (nSPS) is 20.0. The molecule has 2 aliphatic heterocycles. The van der Waals surface area contributed by atoms with Gasteiger partial charge in [-0.15, -0.1) is 0 Å². The van der Waals surface area contributed by atoms with Crippen molar-refractivity contribution in [2.24, 2.45) is 20.0 Å². The summed E-state index contributed by atoms with van der Waals surface area (Å²) in [6, 6.07) is 3.98. The van der Waals surface area contributed by atoms with Gasteiger partial charge in [0.2, 0.25) is 0 Å². The fraction of sp³-hybridized carbons (Fsp3) is 0.111. The molecule has 4 aliphatic rings. The van der Waals surface area contributed by atoms with Crippen LogP contribution in [0.1, 0.15) is 12.8 Å². The second-order valence-electron chi connectivity index (χ2n) is 5.57. The maximum absolute atomic E-state index is 4.64. The third-order valence-corrected chi connectivity index (χ3v) is 4.09. The molecule has 0 fully saturated rings. The minimum absolute atomic E-state index is 0.815. The molecular weight excluding hydrogens is 272 g/mol. The monoisotopic (exact) mass is 284 g/mol. The molecule has 104 valence electrons. The molecule has 0 atom stereocenters. The van der Waals surface area contributed by atoms with Gasteiger partial charge in [-0.3, -0.25) is 0 Å². The van der Waals surface area contributed by atoms with Crippen LogP contribution in [0.5, 0.6) is 0 Å². The van der Waals surface area contributed by atoms with E-state index in [2.05, 4.69) is 44.3 Å². The van der Waals surface area contributed by atoms with Crippen molar-refractivity contribution in [3.8, 4) is 0 Å². The third-order valence-electron chi connectivity index (χ3n) is 4.09. The molecule has 0 bridgehead atoms. The van der Waals surface area contributed by atoms with Gasteiger partial charge >= 0.3 is 0 Å². The van der Waals surface area contributed by atoms with E-state index in [1.54, 1.807) is 0 Å². The first-order chi connectivity index (χ1) is 10.9. The first kappa shape index (κ1) is 11.7. The highest BCUT2D eigenvalue weighted by molar-refractivity contribution is 6.04. The van der Waals surface area contributed by atoms with E-state index in [0.29, 0.717) is 0 Å². The van der Waals surface area contributed by atoms with Crippen molar-refractivity contribution in [3.63, 3.8) is 0 Å². The third kappa shape index (κ3) is 1.70. The summed E-state index contributed by atoms with van der Waals surface area (Å²) < 4.78 is 0. The highest BCUT2D eigenvalue weighted by Gasteiger charge is 2.18. The number of nitrogens with zero attached hydrogens (tertiary/aromatic N) is 4. The molecule has 0 saturated carbocycles. The van der Waals surface area contributed by atoms with E-state index < -0.39 is 0 Å². The van der Waals surface area contributed by atoms with Gasteiger partial charge in [-0.1, -0.05) is 36.5 Å². The Bertz CT molecular complexity index is 930. The number of fused-ring (bicyclic) bond motifs is 2. The lowest BCUT2D eigenvalue weighted by Gasteiger charge is -1.95. The maximum Gasteiger partial charge on any atom is 0.156 e. The van der Waals surface area contributed by atoms with E-state index >= 15 is 0 Å². The highest BCUT2D eigenvalue weighted by atomic mass is 15.0. The highest BCUT2D eigenvalue weighted by Crippen LogP contribution is 2.23. The van der Waals surface area contributed by atoms with Gasteiger partial charge in [0, 0.05) is 11.1 Å². The Morgan fingerprint density at radius 2 is 1.14 bits per heavy atom. The molecule has 0 N–H and O–H groups in total. The Kier molecular flexibility index (Phi) is 2.30. The van der Waals surface area contributed by atoms with Crippen LogP contribution >= 0.6 is 0 Å². The Morgan fingerprint density at radius 1 is 0.636 bits per heavy atom. The lowest BCUT2D eigenvalue weighted by Crippen LogP contribution is -2.07. The summed E-state index contributed by atoms with van der Waals surface area (Å²) in [5.41, 5.74) is 4.11. The van der Waals surface area contributed by atoms with Gasteiger partial charge in [-0.2, -0.15) is 0 Å². The molecule has 0 aromatic heterocycles. The van der Waals surface area contributed by atoms with Crippen LogP contribution in [-0.2, 0) is 0 Å². The van der Waals surface area contributed by atoms with Crippen molar-refractivity contribution in [2.75, 3.05) is 0 Å². The fourth-order valence-corrected chi connectivity index (χ4v) is 2.93. The number of hydrogen-bond acceptors (Lipinski definition) is 4. The SMILES string of the molecule is C1=CCC(C2=Nc3cc4c(cc3=N2)N=C(C2=CC=CC2)N=4)=C1. The van der Waals surface area contributed by atoms with Crippen molar-refractivity contribution in [2.45, 2.75) is 12.8 Å². The second kappa shape index (κ2) is 4.31. The molecule has 0 unspecified atom stereocenters. The summed E-state index contributed by atoms with van der Waals surface area (Å²) in [6.07, 6.45) is 14.3. The predicted octanol–water partition coefficient (Wildman–Crippen LogP) is 2.79. The van der Waals surface area contributed by atoms with Crippen molar-refractivity contribution in [1.82, 2.24) is 0 Å². The van der Waals surface area contributed by atoms with E-state index in [4.69, 9.17) is 0 Å².